The predicted octanol–water partition coefficient (Wildman–Crippen LogP) is -8.62. The molecule has 0 atom stereocenters. The molecule has 10 heteroatoms. The maximum Gasteiger partial charge on any atom is 1.00 e. The third-order valence-electron chi connectivity index (χ3n) is 0. The molecular formula is H13NaO8Si. The van der Waals surface area contributed by atoms with Gasteiger partial charge in [0.05, 0.1) is 0 Å². The molecule has 0 aliphatic carbocycles. The van der Waals surface area contributed by atoms with Crippen LogP contribution < -0.4 is 29.6 Å². The maximum absolute atomic E-state index is 8.74. The van der Waals surface area contributed by atoms with Crippen molar-refractivity contribution < 1.29 is 72.4 Å². The summed E-state index contributed by atoms with van der Waals surface area (Å²) in [6, 6.07) is 0. The molecule has 66 valence electrons. The summed E-state index contributed by atoms with van der Waals surface area (Å²) in [5.41, 5.74) is 0. The van der Waals surface area contributed by atoms with Crippen LogP contribution in [0.1, 0.15) is 1.43 Å². The van der Waals surface area contributed by atoms with Crippen LogP contribution in [-0.2, 0) is 4.46 Å². The van der Waals surface area contributed by atoms with Gasteiger partial charge in [0, 0.05) is 0 Å². The van der Waals surface area contributed by atoms with Crippen LogP contribution in [0.25, 0.3) is 0 Å². The molecule has 10 heavy (non-hydrogen) atoms. The van der Waals surface area contributed by atoms with Crippen LogP contribution in [-0.4, -0.2) is 46.1 Å². The van der Waals surface area contributed by atoms with Gasteiger partial charge in [0.2, 0.25) is 0 Å². The smallest absolute Gasteiger partial charge is 1.00 e. The summed E-state index contributed by atoms with van der Waals surface area (Å²) in [5, 5.41) is 0. The zero-order valence-electron chi connectivity index (χ0n) is 6.30. The van der Waals surface area contributed by atoms with Gasteiger partial charge in [-0.3, -0.25) is 4.46 Å². The Kier molecular flexibility index (Phi) is 452. The minimum absolute atomic E-state index is 0. The van der Waals surface area contributed by atoms with Gasteiger partial charge in [0.15, 0.2) is 0 Å². The van der Waals surface area contributed by atoms with Crippen molar-refractivity contribution in [1.82, 2.24) is 0 Å². The Morgan fingerprint density at radius 2 is 0.900 bits per heavy atom. The first kappa shape index (κ1) is 79.1. The SMILES string of the molecule is O.O.O.O.O.O=[Si](O)O.[H-].[Na+]. The summed E-state index contributed by atoms with van der Waals surface area (Å²) in [6.45, 7) is 0. The summed E-state index contributed by atoms with van der Waals surface area (Å²) in [7, 11) is -3.13. The molecule has 0 fully saturated rings. The van der Waals surface area contributed by atoms with E-state index in [-0.39, 0.29) is 58.4 Å². The molecule has 0 aromatic rings. The summed E-state index contributed by atoms with van der Waals surface area (Å²) in [4.78, 5) is 14.3. The minimum Gasteiger partial charge on any atom is -1.00 e. The predicted molar refractivity (Wildman–Crippen MR) is 30.1 cm³/mol. The monoisotopic (exact) mass is 192 g/mol. The Morgan fingerprint density at radius 1 is 0.900 bits per heavy atom. The summed E-state index contributed by atoms with van der Waals surface area (Å²) in [6.07, 6.45) is 0. The Hall–Kier alpha value is 0.417. The zero-order valence-corrected chi connectivity index (χ0v) is 8.30. The van der Waals surface area contributed by atoms with Crippen LogP contribution in [0.4, 0.5) is 0 Å². The third-order valence-corrected chi connectivity index (χ3v) is 0. The van der Waals surface area contributed by atoms with Gasteiger partial charge in [0.1, 0.15) is 0 Å². The van der Waals surface area contributed by atoms with Crippen LogP contribution in [0.15, 0.2) is 0 Å². The molecule has 0 amide bonds. The van der Waals surface area contributed by atoms with E-state index in [1.807, 2.05) is 0 Å². The van der Waals surface area contributed by atoms with E-state index in [9.17, 15) is 0 Å². The van der Waals surface area contributed by atoms with E-state index in [1.165, 1.54) is 0 Å². The van der Waals surface area contributed by atoms with Crippen molar-refractivity contribution in [1.29, 1.82) is 0 Å². The van der Waals surface area contributed by atoms with Gasteiger partial charge < -0.3 is 38.4 Å². The zero-order chi connectivity index (χ0) is 3.58. The van der Waals surface area contributed by atoms with Crippen LogP contribution in [0, 0.1) is 0 Å². The van der Waals surface area contributed by atoms with Crippen molar-refractivity contribution >= 4 is 9.17 Å². The van der Waals surface area contributed by atoms with Crippen molar-refractivity contribution in [2.24, 2.45) is 0 Å². The van der Waals surface area contributed by atoms with E-state index in [2.05, 4.69) is 0 Å². The topological polar surface area (TPSA) is 215 Å². The fraction of sp³-hybridized carbons (Fsp3) is 0. The van der Waals surface area contributed by atoms with E-state index in [0.29, 0.717) is 0 Å². The van der Waals surface area contributed by atoms with E-state index in [4.69, 9.17) is 14.1 Å². The molecule has 0 bridgehead atoms. The van der Waals surface area contributed by atoms with Crippen LogP contribution in [0.3, 0.4) is 0 Å². The molecule has 0 saturated carbocycles. The van der Waals surface area contributed by atoms with Gasteiger partial charge in [-0.2, -0.15) is 0 Å². The molecule has 0 aromatic carbocycles. The Balaban J connectivity index is -0.00000000214. The second kappa shape index (κ2) is 57.1. The first-order chi connectivity index (χ1) is 1.73. The van der Waals surface area contributed by atoms with E-state index in [0.717, 1.165) is 0 Å². The average Bonchev–Trinajstić information content (AvgIpc) is 0.811. The van der Waals surface area contributed by atoms with Crippen LogP contribution >= 0.6 is 0 Å². The molecule has 0 aromatic heterocycles. The molecule has 0 aliphatic heterocycles. The fourth-order valence-electron chi connectivity index (χ4n) is 0. The van der Waals surface area contributed by atoms with Gasteiger partial charge in [-0.1, -0.05) is 0 Å². The molecule has 0 radical (unpaired) electrons. The maximum atomic E-state index is 8.74. The van der Waals surface area contributed by atoms with Crippen LogP contribution in [0.5, 0.6) is 0 Å². The number of hydrogen-bond donors (Lipinski definition) is 2. The third kappa shape index (κ3) is 2660. The molecule has 0 aliphatic rings. The first-order valence-electron chi connectivity index (χ1n) is 0.651. The van der Waals surface area contributed by atoms with Gasteiger partial charge in [-0.25, -0.2) is 0 Å². The average molecular weight is 192 g/mol. The van der Waals surface area contributed by atoms with Crippen molar-refractivity contribution in [2.75, 3.05) is 0 Å². The normalized spacial score (nSPS) is 2.40. The van der Waals surface area contributed by atoms with Gasteiger partial charge in [-0.15, -0.1) is 0 Å². The van der Waals surface area contributed by atoms with Gasteiger partial charge in [0.25, 0.3) is 0 Å². The molecule has 0 heterocycles. The fourth-order valence-corrected chi connectivity index (χ4v) is 0. The van der Waals surface area contributed by atoms with Crippen LogP contribution in [0.2, 0.25) is 0 Å². The van der Waals surface area contributed by atoms with E-state index in [1.54, 1.807) is 0 Å². The van der Waals surface area contributed by atoms with Crippen molar-refractivity contribution in [3.63, 3.8) is 0 Å². The standard InChI is InChI=1S/Na.H2O3Si.5H2O.H/c;1-4(2)3;;;;;;/h;1-2H;5*1H2;/q+1;;;;;;;-1. The first-order valence-corrected chi connectivity index (χ1v) is 1.95. The summed E-state index contributed by atoms with van der Waals surface area (Å²) >= 11 is 0. The quantitative estimate of drug-likeness (QED) is 0.357. The molecule has 0 unspecified atom stereocenters. The number of rotatable bonds is 0. The number of hydrogen-bond acceptors (Lipinski definition) is 1. The minimum atomic E-state index is -3.13. The molecule has 0 spiro atoms. The molecular weight excluding hydrogens is 179 g/mol. The molecule has 12 N–H and O–H groups in total. The largest absolute Gasteiger partial charge is 1.00 e. The van der Waals surface area contributed by atoms with E-state index >= 15 is 0 Å². The van der Waals surface area contributed by atoms with E-state index < -0.39 is 9.17 Å². The second-order valence-electron chi connectivity index (χ2n) is 0.283. The van der Waals surface area contributed by atoms with Crippen molar-refractivity contribution in [2.45, 2.75) is 0 Å². The van der Waals surface area contributed by atoms with Gasteiger partial charge in [-0.05, 0) is 0 Å². The molecule has 0 saturated heterocycles. The Morgan fingerprint density at radius 3 is 0.900 bits per heavy atom. The summed E-state index contributed by atoms with van der Waals surface area (Å²) in [5.74, 6) is 0. The Bertz CT molecular complexity index is 37.1. The van der Waals surface area contributed by atoms with Crippen molar-refractivity contribution in [3.05, 3.63) is 0 Å². The Labute approximate surface area is 81.7 Å². The van der Waals surface area contributed by atoms with Crippen molar-refractivity contribution in [3.8, 4) is 0 Å². The second-order valence-corrected chi connectivity index (χ2v) is 0.848. The molecule has 8 nitrogen and oxygen atoms in total. The van der Waals surface area contributed by atoms with Gasteiger partial charge >= 0.3 is 38.7 Å². The summed E-state index contributed by atoms with van der Waals surface area (Å²) < 4.78 is 8.74. The molecule has 0 rings (SSSR count).